The Kier molecular flexibility index (Phi) is 3.02. The van der Waals surface area contributed by atoms with Gasteiger partial charge in [0.2, 0.25) is 0 Å². The normalized spacial score (nSPS) is 13.0. The summed E-state index contributed by atoms with van der Waals surface area (Å²) in [7, 11) is 0. The van der Waals surface area contributed by atoms with Crippen LogP contribution in [0.3, 0.4) is 0 Å². The zero-order valence-electron chi connectivity index (χ0n) is 10.6. The molecule has 1 atom stereocenters. The van der Waals surface area contributed by atoms with Gasteiger partial charge >= 0.3 is 0 Å². The van der Waals surface area contributed by atoms with Crippen LogP contribution in [0.5, 0.6) is 0 Å². The van der Waals surface area contributed by atoms with E-state index in [1.165, 1.54) is 0 Å². The fraction of sp³-hybridized carbons (Fsp3) is 0.500. The number of aromatic nitrogens is 2. The SMILES string of the molecule is Cc1oc(C)c(-c2nc(CC(C)N)no2)c1C. The summed E-state index contributed by atoms with van der Waals surface area (Å²) >= 11 is 0. The van der Waals surface area contributed by atoms with E-state index in [1.807, 2.05) is 27.7 Å². The van der Waals surface area contributed by atoms with E-state index in [2.05, 4.69) is 10.1 Å². The second kappa shape index (κ2) is 4.33. The zero-order valence-corrected chi connectivity index (χ0v) is 10.6. The van der Waals surface area contributed by atoms with Crippen LogP contribution < -0.4 is 5.73 Å². The topological polar surface area (TPSA) is 78.1 Å². The van der Waals surface area contributed by atoms with Gasteiger partial charge in [-0.1, -0.05) is 5.16 Å². The summed E-state index contributed by atoms with van der Waals surface area (Å²) in [5.74, 6) is 2.82. The van der Waals surface area contributed by atoms with E-state index in [0.717, 1.165) is 22.6 Å². The second-order valence-corrected chi connectivity index (χ2v) is 4.41. The lowest BCUT2D eigenvalue weighted by Gasteiger charge is -1.97. The van der Waals surface area contributed by atoms with E-state index in [4.69, 9.17) is 14.7 Å². The van der Waals surface area contributed by atoms with Gasteiger partial charge in [-0.2, -0.15) is 4.98 Å². The van der Waals surface area contributed by atoms with Gasteiger partial charge in [-0.05, 0) is 27.7 Å². The minimum Gasteiger partial charge on any atom is -0.466 e. The van der Waals surface area contributed by atoms with Crippen LogP contribution in [-0.2, 0) is 6.42 Å². The van der Waals surface area contributed by atoms with E-state index in [-0.39, 0.29) is 6.04 Å². The van der Waals surface area contributed by atoms with Crippen molar-refractivity contribution in [2.75, 3.05) is 0 Å². The molecule has 0 aliphatic rings. The van der Waals surface area contributed by atoms with Crippen LogP contribution in [0.15, 0.2) is 8.94 Å². The highest BCUT2D eigenvalue weighted by molar-refractivity contribution is 5.61. The van der Waals surface area contributed by atoms with Crippen LogP contribution >= 0.6 is 0 Å². The first-order chi connectivity index (χ1) is 7.99. The molecule has 2 rings (SSSR count). The first-order valence-electron chi connectivity index (χ1n) is 5.64. The molecule has 5 nitrogen and oxygen atoms in total. The third kappa shape index (κ3) is 2.24. The molecule has 2 aromatic rings. The Morgan fingerprint density at radius 2 is 1.94 bits per heavy atom. The number of aryl methyl sites for hydroxylation is 2. The Bertz CT molecular complexity index is 526. The fourth-order valence-corrected chi connectivity index (χ4v) is 1.83. The van der Waals surface area contributed by atoms with Gasteiger partial charge in [0.1, 0.15) is 11.5 Å². The van der Waals surface area contributed by atoms with E-state index in [1.54, 1.807) is 0 Å². The number of hydrogen-bond donors (Lipinski definition) is 1. The average Bonchev–Trinajstić information content (AvgIpc) is 2.73. The van der Waals surface area contributed by atoms with Crippen molar-refractivity contribution >= 4 is 0 Å². The summed E-state index contributed by atoms with van der Waals surface area (Å²) in [4.78, 5) is 4.34. The van der Waals surface area contributed by atoms with Crippen molar-refractivity contribution in [1.82, 2.24) is 10.1 Å². The standard InChI is InChI=1S/C12H17N3O2/c1-6(13)5-10-14-12(17-15-10)11-7(2)8(3)16-9(11)4/h6H,5,13H2,1-4H3. The average molecular weight is 235 g/mol. The molecule has 2 N–H and O–H groups in total. The molecule has 17 heavy (non-hydrogen) atoms. The van der Waals surface area contributed by atoms with Crippen molar-refractivity contribution in [3.63, 3.8) is 0 Å². The Hall–Kier alpha value is -1.62. The molecule has 0 fully saturated rings. The lowest BCUT2D eigenvalue weighted by molar-refractivity contribution is 0.419. The maximum Gasteiger partial charge on any atom is 0.261 e. The van der Waals surface area contributed by atoms with Gasteiger partial charge in [0.25, 0.3) is 5.89 Å². The fourth-order valence-electron chi connectivity index (χ4n) is 1.83. The van der Waals surface area contributed by atoms with Crippen LogP contribution in [0.4, 0.5) is 0 Å². The van der Waals surface area contributed by atoms with Crippen molar-refractivity contribution < 1.29 is 8.94 Å². The maximum atomic E-state index is 5.70. The first-order valence-corrected chi connectivity index (χ1v) is 5.64. The molecular formula is C12H17N3O2. The van der Waals surface area contributed by atoms with Gasteiger partial charge in [-0.3, -0.25) is 0 Å². The van der Waals surface area contributed by atoms with Crippen LogP contribution in [-0.4, -0.2) is 16.2 Å². The molecule has 0 aliphatic carbocycles. The number of nitrogens with two attached hydrogens (primary N) is 1. The largest absolute Gasteiger partial charge is 0.466 e. The summed E-state index contributed by atoms with van der Waals surface area (Å²) in [6.07, 6.45) is 0.610. The quantitative estimate of drug-likeness (QED) is 0.881. The van der Waals surface area contributed by atoms with Gasteiger partial charge < -0.3 is 14.7 Å². The number of furan rings is 1. The summed E-state index contributed by atoms with van der Waals surface area (Å²) in [5, 5.41) is 3.92. The minimum atomic E-state index is 0.0220. The van der Waals surface area contributed by atoms with Crippen molar-refractivity contribution in [2.24, 2.45) is 5.73 Å². The first kappa shape index (κ1) is 11.9. The highest BCUT2D eigenvalue weighted by Crippen LogP contribution is 2.30. The summed E-state index contributed by atoms with van der Waals surface area (Å²) < 4.78 is 10.8. The molecule has 92 valence electrons. The lowest BCUT2D eigenvalue weighted by atomic mass is 10.1. The molecule has 0 bridgehead atoms. The summed E-state index contributed by atoms with van der Waals surface area (Å²) in [6, 6.07) is 0.0220. The van der Waals surface area contributed by atoms with E-state index in [0.29, 0.717) is 18.1 Å². The van der Waals surface area contributed by atoms with E-state index in [9.17, 15) is 0 Å². The van der Waals surface area contributed by atoms with Crippen molar-refractivity contribution in [3.05, 3.63) is 22.9 Å². The molecule has 1 unspecified atom stereocenters. The molecule has 2 aromatic heterocycles. The number of hydrogen-bond acceptors (Lipinski definition) is 5. The minimum absolute atomic E-state index is 0.0220. The van der Waals surface area contributed by atoms with Crippen molar-refractivity contribution in [1.29, 1.82) is 0 Å². The Balaban J connectivity index is 2.37. The highest BCUT2D eigenvalue weighted by Gasteiger charge is 2.19. The number of rotatable bonds is 3. The maximum absolute atomic E-state index is 5.70. The molecule has 0 aromatic carbocycles. The van der Waals surface area contributed by atoms with E-state index < -0.39 is 0 Å². The Morgan fingerprint density at radius 3 is 2.47 bits per heavy atom. The second-order valence-electron chi connectivity index (χ2n) is 4.41. The van der Waals surface area contributed by atoms with Gasteiger partial charge in [0, 0.05) is 18.0 Å². The van der Waals surface area contributed by atoms with Crippen LogP contribution in [0.25, 0.3) is 11.5 Å². The molecule has 0 saturated heterocycles. The molecule has 5 heteroatoms. The molecular weight excluding hydrogens is 218 g/mol. The molecule has 0 radical (unpaired) electrons. The predicted molar refractivity (Wildman–Crippen MR) is 63.6 cm³/mol. The molecule has 0 saturated carbocycles. The van der Waals surface area contributed by atoms with Gasteiger partial charge in [0.15, 0.2) is 5.82 Å². The predicted octanol–water partition coefficient (Wildman–Crippen LogP) is 2.14. The van der Waals surface area contributed by atoms with Gasteiger partial charge in [0.05, 0.1) is 5.56 Å². The van der Waals surface area contributed by atoms with E-state index >= 15 is 0 Å². The zero-order chi connectivity index (χ0) is 12.6. The Morgan fingerprint density at radius 1 is 1.24 bits per heavy atom. The smallest absolute Gasteiger partial charge is 0.261 e. The number of nitrogens with zero attached hydrogens (tertiary/aromatic N) is 2. The molecule has 0 spiro atoms. The third-order valence-electron chi connectivity index (χ3n) is 2.75. The summed E-state index contributed by atoms with van der Waals surface area (Å²) in [6.45, 7) is 7.71. The lowest BCUT2D eigenvalue weighted by Crippen LogP contribution is -2.18. The molecule has 0 aliphatic heterocycles. The van der Waals surface area contributed by atoms with Crippen LogP contribution in [0.2, 0.25) is 0 Å². The Labute approximate surface area is 100.0 Å². The van der Waals surface area contributed by atoms with Gasteiger partial charge in [-0.25, -0.2) is 0 Å². The summed E-state index contributed by atoms with van der Waals surface area (Å²) in [5.41, 5.74) is 7.63. The van der Waals surface area contributed by atoms with Crippen LogP contribution in [0, 0.1) is 20.8 Å². The van der Waals surface area contributed by atoms with Crippen LogP contribution in [0.1, 0.15) is 29.8 Å². The molecule has 0 amide bonds. The third-order valence-corrected chi connectivity index (χ3v) is 2.75. The monoisotopic (exact) mass is 235 g/mol. The van der Waals surface area contributed by atoms with Gasteiger partial charge in [-0.15, -0.1) is 0 Å². The van der Waals surface area contributed by atoms with Crippen molar-refractivity contribution in [3.8, 4) is 11.5 Å². The highest BCUT2D eigenvalue weighted by atomic mass is 16.5. The van der Waals surface area contributed by atoms with Crippen molar-refractivity contribution in [2.45, 2.75) is 40.2 Å². The molecule has 2 heterocycles.